The zero-order chi connectivity index (χ0) is 19.0. The van der Waals surface area contributed by atoms with Crippen LogP contribution in [0.1, 0.15) is 17.5 Å². The van der Waals surface area contributed by atoms with E-state index in [2.05, 4.69) is 15.9 Å². The molecule has 0 unspecified atom stereocenters. The van der Waals surface area contributed by atoms with E-state index in [1.165, 1.54) is 0 Å². The van der Waals surface area contributed by atoms with E-state index in [1.807, 2.05) is 60.7 Å². The van der Waals surface area contributed by atoms with Crippen LogP contribution in [-0.2, 0) is 0 Å². The minimum absolute atomic E-state index is 0.0720. The second-order valence-corrected chi connectivity index (χ2v) is 7.63. The Morgan fingerprint density at radius 1 is 1.04 bits per heavy atom. The van der Waals surface area contributed by atoms with Gasteiger partial charge in [0.2, 0.25) is 5.78 Å². The first-order valence-corrected chi connectivity index (χ1v) is 9.99. The highest BCUT2D eigenvalue weighted by molar-refractivity contribution is 7.99. The van der Waals surface area contributed by atoms with Crippen molar-refractivity contribution >= 4 is 28.4 Å². The molecule has 27 heavy (non-hydrogen) atoms. The summed E-state index contributed by atoms with van der Waals surface area (Å²) in [5.41, 5.74) is 7.60. The van der Waals surface area contributed by atoms with Crippen molar-refractivity contribution in [1.82, 2.24) is 19.2 Å². The van der Waals surface area contributed by atoms with Gasteiger partial charge in [0.15, 0.2) is 5.16 Å². The Morgan fingerprint density at radius 3 is 2.52 bits per heavy atom. The molecule has 0 fully saturated rings. The quantitative estimate of drug-likeness (QED) is 0.426. The summed E-state index contributed by atoms with van der Waals surface area (Å²) in [7, 11) is 0. The molecule has 0 amide bonds. The summed E-state index contributed by atoms with van der Waals surface area (Å²) in [6.45, 7) is 4.92. The summed E-state index contributed by atoms with van der Waals surface area (Å²) in [5, 5.41) is 10.3. The third-order valence-electron chi connectivity index (χ3n) is 4.68. The third-order valence-corrected chi connectivity index (χ3v) is 5.70. The van der Waals surface area contributed by atoms with Crippen LogP contribution in [-0.4, -0.2) is 31.5 Å². The molecule has 0 aliphatic carbocycles. The highest BCUT2D eigenvalue weighted by Crippen LogP contribution is 2.25. The number of aromatic nitrogens is 4. The summed E-state index contributed by atoms with van der Waals surface area (Å²) in [6, 6.07) is 13.7. The molecule has 6 nitrogen and oxygen atoms in total. The van der Waals surface area contributed by atoms with Gasteiger partial charge >= 0.3 is 0 Å². The lowest BCUT2D eigenvalue weighted by atomic mass is 10.1. The van der Waals surface area contributed by atoms with Gasteiger partial charge in [0, 0.05) is 12.2 Å². The van der Waals surface area contributed by atoms with Crippen molar-refractivity contribution in [3.8, 4) is 5.69 Å². The van der Waals surface area contributed by atoms with Gasteiger partial charge in [-0.15, -0.1) is 10.2 Å². The van der Waals surface area contributed by atoms with Crippen molar-refractivity contribution in [3.63, 3.8) is 0 Å². The van der Waals surface area contributed by atoms with E-state index >= 15 is 0 Å². The largest absolute Gasteiger partial charge is 0.358 e. The fraction of sp³-hybridized carbons (Fsp3) is 0.250. The molecule has 2 aromatic carbocycles. The topological polar surface area (TPSA) is 79.8 Å². The van der Waals surface area contributed by atoms with E-state index in [1.54, 1.807) is 16.3 Å². The van der Waals surface area contributed by atoms with Crippen LogP contribution in [0.2, 0.25) is 0 Å². The van der Waals surface area contributed by atoms with E-state index in [0.717, 1.165) is 46.2 Å². The van der Waals surface area contributed by atoms with Crippen LogP contribution >= 0.6 is 11.8 Å². The molecule has 0 saturated heterocycles. The second kappa shape index (κ2) is 7.17. The Morgan fingerprint density at radius 2 is 1.78 bits per heavy atom. The zero-order valence-electron chi connectivity index (χ0n) is 15.5. The number of aryl methyl sites for hydroxylation is 2. The first kappa shape index (κ1) is 17.8. The van der Waals surface area contributed by atoms with Crippen molar-refractivity contribution in [2.75, 3.05) is 12.3 Å². The summed E-state index contributed by atoms with van der Waals surface area (Å²) in [6.07, 6.45) is 1.01. The molecular formula is C20H22N5OS+. The predicted octanol–water partition coefficient (Wildman–Crippen LogP) is 2.37. The van der Waals surface area contributed by atoms with E-state index in [4.69, 9.17) is 0 Å². The number of fused-ring (bicyclic) bond motifs is 3. The molecule has 2 heterocycles. The summed E-state index contributed by atoms with van der Waals surface area (Å²) >= 11 is 1.65. The SMILES string of the molecule is Cc1cccc(C)c1-n1c(=O)c2ccccc2n2c(SCCC[NH3+])nnc12. The lowest BCUT2D eigenvalue weighted by molar-refractivity contribution is -0.367. The number of para-hydroxylation sites is 2. The number of rotatable bonds is 5. The minimum Gasteiger partial charge on any atom is -0.358 e. The normalized spacial score (nSPS) is 11.5. The Bertz CT molecular complexity index is 1170. The van der Waals surface area contributed by atoms with Crippen LogP contribution in [0.25, 0.3) is 22.4 Å². The Kier molecular flexibility index (Phi) is 4.72. The molecule has 0 saturated carbocycles. The van der Waals surface area contributed by atoms with Crippen LogP contribution < -0.4 is 11.3 Å². The predicted molar refractivity (Wildman–Crippen MR) is 109 cm³/mol. The van der Waals surface area contributed by atoms with Gasteiger partial charge in [-0.25, -0.2) is 4.57 Å². The highest BCUT2D eigenvalue weighted by atomic mass is 32.2. The van der Waals surface area contributed by atoms with Gasteiger partial charge in [-0.3, -0.25) is 9.20 Å². The van der Waals surface area contributed by atoms with Crippen molar-refractivity contribution in [1.29, 1.82) is 0 Å². The van der Waals surface area contributed by atoms with Gasteiger partial charge in [0.1, 0.15) is 0 Å². The zero-order valence-corrected chi connectivity index (χ0v) is 16.3. The van der Waals surface area contributed by atoms with E-state index in [9.17, 15) is 4.79 Å². The number of hydrogen-bond donors (Lipinski definition) is 1. The minimum atomic E-state index is -0.0720. The van der Waals surface area contributed by atoms with E-state index in [-0.39, 0.29) is 5.56 Å². The molecule has 0 radical (unpaired) electrons. The number of benzene rings is 2. The third kappa shape index (κ3) is 2.93. The standard InChI is InChI=1S/C20H21N5OS/c1-13-7-5-8-14(2)17(13)25-18(26)15-9-3-4-10-16(15)24-19(25)22-23-20(24)27-12-6-11-21/h3-5,7-10H,6,11-12,21H2,1-2H3/p+1. The molecule has 0 spiro atoms. The molecular weight excluding hydrogens is 358 g/mol. The summed E-state index contributed by atoms with van der Waals surface area (Å²) in [4.78, 5) is 13.4. The number of hydrogen-bond acceptors (Lipinski definition) is 4. The summed E-state index contributed by atoms with van der Waals surface area (Å²) in [5.74, 6) is 1.47. The Hall–Kier alpha value is -2.64. The van der Waals surface area contributed by atoms with Crippen molar-refractivity contribution in [2.24, 2.45) is 0 Å². The van der Waals surface area contributed by atoms with Crippen LogP contribution in [0, 0.1) is 13.8 Å². The smallest absolute Gasteiger partial charge is 0.267 e. The molecule has 138 valence electrons. The average Bonchev–Trinajstić information content (AvgIpc) is 3.08. The van der Waals surface area contributed by atoms with Crippen LogP contribution in [0.5, 0.6) is 0 Å². The van der Waals surface area contributed by atoms with Gasteiger partial charge in [0.25, 0.3) is 5.56 Å². The first-order valence-electron chi connectivity index (χ1n) is 9.01. The maximum absolute atomic E-state index is 13.4. The number of thioether (sulfide) groups is 1. The van der Waals surface area contributed by atoms with E-state index in [0.29, 0.717) is 11.2 Å². The number of quaternary nitrogens is 1. The van der Waals surface area contributed by atoms with Crippen LogP contribution in [0.4, 0.5) is 0 Å². The maximum Gasteiger partial charge on any atom is 0.267 e. The molecule has 0 atom stereocenters. The Labute approximate surface area is 161 Å². The van der Waals surface area contributed by atoms with Crippen molar-refractivity contribution in [3.05, 3.63) is 63.9 Å². The van der Waals surface area contributed by atoms with Gasteiger partial charge in [0.05, 0.1) is 23.1 Å². The van der Waals surface area contributed by atoms with Crippen LogP contribution in [0.15, 0.2) is 52.4 Å². The fourth-order valence-corrected chi connectivity index (χ4v) is 4.34. The van der Waals surface area contributed by atoms with Gasteiger partial charge in [-0.2, -0.15) is 0 Å². The van der Waals surface area contributed by atoms with Gasteiger partial charge in [-0.1, -0.05) is 42.1 Å². The fourth-order valence-electron chi connectivity index (χ4n) is 3.40. The lowest BCUT2D eigenvalue weighted by Crippen LogP contribution is -2.50. The summed E-state index contributed by atoms with van der Waals surface area (Å²) < 4.78 is 3.70. The number of nitrogens with zero attached hydrogens (tertiary/aromatic N) is 4. The molecule has 4 aromatic rings. The van der Waals surface area contributed by atoms with Crippen LogP contribution in [0.3, 0.4) is 0 Å². The lowest BCUT2D eigenvalue weighted by Gasteiger charge is -2.15. The van der Waals surface area contributed by atoms with E-state index < -0.39 is 0 Å². The molecule has 4 rings (SSSR count). The molecule has 0 bridgehead atoms. The molecule has 3 N–H and O–H groups in total. The molecule has 0 aliphatic rings. The monoisotopic (exact) mass is 380 g/mol. The van der Waals surface area contributed by atoms with Gasteiger partial charge in [-0.05, 0) is 37.1 Å². The molecule has 2 aromatic heterocycles. The molecule has 7 heteroatoms. The Balaban J connectivity index is 2.10. The molecule has 0 aliphatic heterocycles. The maximum atomic E-state index is 13.4. The average molecular weight is 380 g/mol. The second-order valence-electron chi connectivity index (χ2n) is 6.57. The highest BCUT2D eigenvalue weighted by Gasteiger charge is 2.19. The van der Waals surface area contributed by atoms with Gasteiger partial charge < -0.3 is 5.73 Å². The first-order chi connectivity index (χ1) is 13.1. The van der Waals surface area contributed by atoms with Crippen molar-refractivity contribution in [2.45, 2.75) is 25.4 Å². The van der Waals surface area contributed by atoms with Crippen molar-refractivity contribution < 1.29 is 5.73 Å².